The first-order valence-corrected chi connectivity index (χ1v) is 8.62. The highest BCUT2D eigenvalue weighted by atomic mass is 16.5. The summed E-state index contributed by atoms with van der Waals surface area (Å²) in [5, 5.41) is 3.20. The van der Waals surface area contributed by atoms with Crippen molar-refractivity contribution < 1.29 is 14.3 Å². The number of rotatable bonds is 1. The van der Waals surface area contributed by atoms with Crippen LogP contribution in [0.3, 0.4) is 0 Å². The second kappa shape index (κ2) is 5.86. The molecule has 0 radical (unpaired) electrons. The molecule has 128 valence electrons. The fourth-order valence-electron chi connectivity index (χ4n) is 4.24. The summed E-state index contributed by atoms with van der Waals surface area (Å²) in [7, 11) is 1.84. The van der Waals surface area contributed by atoms with E-state index < -0.39 is 5.41 Å². The molecule has 0 unspecified atom stereocenters. The standard InChI is InChI=1S/C18H23N3O3/c1-20-14-5-3-2-4-13(14)18(17(20)23)6-9-21(10-7-18)16(22)15-12-19-8-11-24-15/h2-5,15,19H,6-12H2,1H3/t15-/m0/s1. The van der Waals surface area contributed by atoms with Crippen molar-refractivity contribution in [3.63, 3.8) is 0 Å². The number of anilines is 1. The molecule has 2 amide bonds. The van der Waals surface area contributed by atoms with Gasteiger partial charge in [0.25, 0.3) is 5.91 Å². The molecule has 1 atom stereocenters. The Bertz CT molecular complexity index is 661. The number of carbonyl (C=O) groups is 2. The van der Waals surface area contributed by atoms with Crippen LogP contribution in [0.2, 0.25) is 0 Å². The van der Waals surface area contributed by atoms with E-state index in [-0.39, 0.29) is 17.9 Å². The number of nitrogens with zero attached hydrogens (tertiary/aromatic N) is 2. The molecule has 0 bridgehead atoms. The Kier molecular flexibility index (Phi) is 3.81. The first-order valence-electron chi connectivity index (χ1n) is 8.62. The highest BCUT2D eigenvalue weighted by Crippen LogP contribution is 2.47. The summed E-state index contributed by atoms with van der Waals surface area (Å²) < 4.78 is 5.58. The van der Waals surface area contributed by atoms with Gasteiger partial charge in [0.15, 0.2) is 0 Å². The molecule has 1 spiro atoms. The monoisotopic (exact) mass is 329 g/mol. The summed E-state index contributed by atoms with van der Waals surface area (Å²) >= 11 is 0. The van der Waals surface area contributed by atoms with Crippen LogP contribution in [0.15, 0.2) is 24.3 Å². The average molecular weight is 329 g/mol. The molecule has 1 aromatic carbocycles. The van der Waals surface area contributed by atoms with Crippen molar-refractivity contribution in [3.05, 3.63) is 29.8 Å². The summed E-state index contributed by atoms with van der Waals surface area (Å²) in [4.78, 5) is 29.1. The highest BCUT2D eigenvalue weighted by Gasteiger charge is 2.51. The van der Waals surface area contributed by atoms with Crippen LogP contribution in [0.1, 0.15) is 18.4 Å². The zero-order chi connectivity index (χ0) is 16.7. The number of ether oxygens (including phenoxy) is 1. The molecule has 3 heterocycles. The Morgan fingerprint density at radius 1 is 1.29 bits per heavy atom. The van der Waals surface area contributed by atoms with Gasteiger partial charge in [0, 0.05) is 38.9 Å². The molecule has 0 saturated carbocycles. The van der Waals surface area contributed by atoms with Gasteiger partial charge in [-0.1, -0.05) is 18.2 Å². The number of carbonyl (C=O) groups excluding carboxylic acids is 2. The number of benzene rings is 1. The van der Waals surface area contributed by atoms with E-state index in [9.17, 15) is 9.59 Å². The quantitative estimate of drug-likeness (QED) is 0.816. The van der Waals surface area contributed by atoms with E-state index in [1.165, 1.54) is 0 Å². The zero-order valence-corrected chi connectivity index (χ0v) is 14.0. The van der Waals surface area contributed by atoms with Crippen molar-refractivity contribution in [3.8, 4) is 0 Å². The SMILES string of the molecule is CN1C(=O)C2(CCN(C(=O)[C@@H]3CNCCO3)CC2)c2ccccc21. The van der Waals surface area contributed by atoms with Crippen molar-refractivity contribution >= 4 is 17.5 Å². The minimum Gasteiger partial charge on any atom is -0.366 e. The van der Waals surface area contributed by atoms with Crippen molar-refractivity contribution in [2.75, 3.05) is 44.7 Å². The Morgan fingerprint density at radius 2 is 2.04 bits per heavy atom. The smallest absolute Gasteiger partial charge is 0.253 e. The molecule has 24 heavy (non-hydrogen) atoms. The van der Waals surface area contributed by atoms with Gasteiger partial charge in [0.05, 0.1) is 12.0 Å². The lowest BCUT2D eigenvalue weighted by Gasteiger charge is -2.40. The van der Waals surface area contributed by atoms with Crippen molar-refractivity contribution in [1.29, 1.82) is 0 Å². The van der Waals surface area contributed by atoms with Crippen LogP contribution in [0.4, 0.5) is 5.69 Å². The topological polar surface area (TPSA) is 61.9 Å². The van der Waals surface area contributed by atoms with Crippen LogP contribution in [-0.2, 0) is 19.7 Å². The van der Waals surface area contributed by atoms with Crippen LogP contribution in [0.5, 0.6) is 0 Å². The zero-order valence-electron chi connectivity index (χ0n) is 14.0. The van der Waals surface area contributed by atoms with E-state index >= 15 is 0 Å². The van der Waals surface area contributed by atoms with Gasteiger partial charge >= 0.3 is 0 Å². The van der Waals surface area contributed by atoms with Crippen LogP contribution in [0, 0.1) is 0 Å². The fraction of sp³-hybridized carbons (Fsp3) is 0.556. The Balaban J connectivity index is 1.51. The minimum atomic E-state index is -0.464. The van der Waals surface area contributed by atoms with Gasteiger partial charge in [-0.15, -0.1) is 0 Å². The molecular weight excluding hydrogens is 306 g/mol. The summed E-state index contributed by atoms with van der Waals surface area (Å²) in [6.45, 7) is 3.15. The van der Waals surface area contributed by atoms with E-state index in [1.54, 1.807) is 4.90 Å². The number of nitrogens with one attached hydrogen (secondary N) is 1. The number of morpholine rings is 1. The number of para-hydroxylation sites is 1. The number of amides is 2. The molecule has 1 aromatic rings. The third-order valence-corrected chi connectivity index (χ3v) is 5.63. The van der Waals surface area contributed by atoms with E-state index in [4.69, 9.17) is 4.74 Å². The molecule has 0 aliphatic carbocycles. The van der Waals surface area contributed by atoms with Crippen LogP contribution < -0.4 is 10.2 Å². The van der Waals surface area contributed by atoms with Crippen LogP contribution in [-0.4, -0.2) is 62.7 Å². The molecule has 6 heteroatoms. The van der Waals surface area contributed by atoms with E-state index in [1.807, 2.05) is 30.1 Å². The number of fused-ring (bicyclic) bond motifs is 2. The lowest BCUT2D eigenvalue weighted by molar-refractivity contribution is -0.148. The Labute approximate surface area is 141 Å². The van der Waals surface area contributed by atoms with Crippen LogP contribution in [0.25, 0.3) is 0 Å². The van der Waals surface area contributed by atoms with Gasteiger partial charge in [-0.05, 0) is 24.5 Å². The molecular formula is C18H23N3O3. The third kappa shape index (κ3) is 2.24. The van der Waals surface area contributed by atoms with E-state index in [0.29, 0.717) is 39.1 Å². The fourth-order valence-corrected chi connectivity index (χ4v) is 4.24. The maximum absolute atomic E-state index is 12.9. The molecule has 3 aliphatic heterocycles. The summed E-state index contributed by atoms with van der Waals surface area (Å²) in [5.41, 5.74) is 1.65. The number of likely N-dealkylation sites (tertiary alicyclic amines) is 1. The summed E-state index contributed by atoms with van der Waals surface area (Å²) in [6.07, 6.45) is 0.972. The minimum absolute atomic E-state index is 0.0455. The van der Waals surface area contributed by atoms with Gasteiger partial charge in [0.1, 0.15) is 6.10 Å². The molecule has 6 nitrogen and oxygen atoms in total. The first-order chi connectivity index (χ1) is 11.6. The van der Waals surface area contributed by atoms with Crippen molar-refractivity contribution in [2.45, 2.75) is 24.4 Å². The van der Waals surface area contributed by atoms with Gasteiger partial charge in [0.2, 0.25) is 5.91 Å². The number of piperidine rings is 1. The Hall–Kier alpha value is -1.92. The lowest BCUT2D eigenvalue weighted by atomic mass is 9.73. The second-order valence-electron chi connectivity index (χ2n) is 6.85. The normalized spacial score (nSPS) is 25.9. The Morgan fingerprint density at radius 3 is 2.75 bits per heavy atom. The predicted octanol–water partition coefficient (Wildman–Crippen LogP) is 0.512. The van der Waals surface area contributed by atoms with Gasteiger partial charge in [-0.2, -0.15) is 0 Å². The maximum atomic E-state index is 12.9. The molecule has 1 N–H and O–H groups in total. The van der Waals surface area contributed by atoms with Crippen molar-refractivity contribution in [2.24, 2.45) is 0 Å². The number of hydrogen-bond acceptors (Lipinski definition) is 4. The van der Waals surface area contributed by atoms with Gasteiger partial charge in [-0.25, -0.2) is 0 Å². The second-order valence-corrected chi connectivity index (χ2v) is 6.85. The maximum Gasteiger partial charge on any atom is 0.253 e. The van der Waals surface area contributed by atoms with Crippen molar-refractivity contribution in [1.82, 2.24) is 10.2 Å². The lowest BCUT2D eigenvalue weighted by Crippen LogP contribution is -2.54. The van der Waals surface area contributed by atoms with Gasteiger partial charge in [-0.3, -0.25) is 9.59 Å². The highest BCUT2D eigenvalue weighted by molar-refractivity contribution is 6.08. The number of likely N-dealkylation sites (N-methyl/N-ethyl adjacent to an activating group) is 1. The molecule has 3 aliphatic rings. The molecule has 4 rings (SSSR count). The van der Waals surface area contributed by atoms with E-state index in [0.717, 1.165) is 17.8 Å². The summed E-state index contributed by atoms with van der Waals surface area (Å²) in [5.74, 6) is 0.204. The van der Waals surface area contributed by atoms with E-state index in [2.05, 4.69) is 11.4 Å². The molecule has 2 fully saturated rings. The average Bonchev–Trinajstić information content (AvgIpc) is 2.85. The largest absolute Gasteiger partial charge is 0.366 e. The van der Waals surface area contributed by atoms with Gasteiger partial charge < -0.3 is 19.9 Å². The van der Waals surface area contributed by atoms with Crippen LogP contribution >= 0.6 is 0 Å². The number of hydrogen-bond donors (Lipinski definition) is 1. The third-order valence-electron chi connectivity index (χ3n) is 5.63. The predicted molar refractivity (Wildman–Crippen MR) is 90.0 cm³/mol. The molecule has 2 saturated heterocycles. The first kappa shape index (κ1) is 15.6. The summed E-state index contributed by atoms with van der Waals surface area (Å²) in [6, 6.07) is 8.02. The molecule has 0 aromatic heterocycles.